The molecule has 0 bridgehead atoms. The largest absolute Gasteiger partial charge is 0.389 e. The molecule has 3 N–H and O–H groups in total. The molecule has 20 heavy (non-hydrogen) atoms. The standard InChI is InChI=1S/C15H31N3O2/c1-3-5-6-9-17-15(16-4-2)18-10-14(19)12-20-11-13-7-8-13/h13-14,19H,3-12H2,1-2H3,(H2,16,17,18). The molecule has 0 aromatic rings. The Morgan fingerprint density at radius 1 is 1.30 bits per heavy atom. The van der Waals surface area contributed by atoms with Crippen molar-refractivity contribution in [2.24, 2.45) is 10.9 Å². The van der Waals surface area contributed by atoms with Gasteiger partial charge in [0, 0.05) is 19.7 Å². The molecular formula is C15H31N3O2. The highest BCUT2D eigenvalue weighted by molar-refractivity contribution is 5.79. The molecule has 0 amide bonds. The van der Waals surface area contributed by atoms with Crippen molar-refractivity contribution in [1.82, 2.24) is 10.6 Å². The number of guanidine groups is 1. The van der Waals surface area contributed by atoms with Crippen LogP contribution >= 0.6 is 0 Å². The zero-order valence-electron chi connectivity index (χ0n) is 13.0. The van der Waals surface area contributed by atoms with E-state index >= 15 is 0 Å². The molecule has 0 heterocycles. The van der Waals surface area contributed by atoms with E-state index in [-0.39, 0.29) is 0 Å². The summed E-state index contributed by atoms with van der Waals surface area (Å²) in [6, 6.07) is 0. The second-order valence-electron chi connectivity index (χ2n) is 5.49. The van der Waals surface area contributed by atoms with Gasteiger partial charge >= 0.3 is 0 Å². The summed E-state index contributed by atoms with van der Waals surface area (Å²) in [7, 11) is 0. The van der Waals surface area contributed by atoms with Gasteiger partial charge < -0.3 is 20.5 Å². The molecule has 0 aromatic heterocycles. The minimum Gasteiger partial charge on any atom is -0.389 e. The van der Waals surface area contributed by atoms with Crippen LogP contribution in [0.25, 0.3) is 0 Å². The Morgan fingerprint density at radius 3 is 2.75 bits per heavy atom. The van der Waals surface area contributed by atoms with E-state index in [0.29, 0.717) is 13.2 Å². The number of hydrogen-bond donors (Lipinski definition) is 3. The number of aliphatic hydroxyl groups is 1. The zero-order valence-corrected chi connectivity index (χ0v) is 13.0. The van der Waals surface area contributed by atoms with Gasteiger partial charge in [-0.25, -0.2) is 0 Å². The Bertz CT molecular complexity index is 268. The van der Waals surface area contributed by atoms with E-state index < -0.39 is 6.10 Å². The van der Waals surface area contributed by atoms with E-state index in [9.17, 15) is 5.11 Å². The number of rotatable bonds is 11. The maximum Gasteiger partial charge on any atom is 0.191 e. The first-order valence-electron chi connectivity index (χ1n) is 8.04. The van der Waals surface area contributed by atoms with Crippen molar-refractivity contribution in [3.05, 3.63) is 0 Å². The van der Waals surface area contributed by atoms with Gasteiger partial charge in [0.05, 0.1) is 19.3 Å². The average Bonchev–Trinajstić information content (AvgIpc) is 3.25. The Hall–Kier alpha value is -0.810. The van der Waals surface area contributed by atoms with Gasteiger partial charge in [0.2, 0.25) is 0 Å². The Morgan fingerprint density at radius 2 is 2.10 bits per heavy atom. The monoisotopic (exact) mass is 285 g/mol. The summed E-state index contributed by atoms with van der Waals surface area (Å²) in [5.41, 5.74) is 0. The van der Waals surface area contributed by atoms with Crippen LogP contribution in [0.5, 0.6) is 0 Å². The lowest BCUT2D eigenvalue weighted by molar-refractivity contribution is 0.0368. The van der Waals surface area contributed by atoms with Crippen molar-refractivity contribution in [3.8, 4) is 0 Å². The van der Waals surface area contributed by atoms with Gasteiger partial charge in [-0.2, -0.15) is 0 Å². The highest BCUT2D eigenvalue weighted by Crippen LogP contribution is 2.28. The molecule has 0 spiro atoms. The molecule has 1 unspecified atom stereocenters. The quantitative estimate of drug-likeness (QED) is 0.306. The van der Waals surface area contributed by atoms with Crippen molar-refractivity contribution in [2.45, 2.75) is 52.1 Å². The summed E-state index contributed by atoms with van der Waals surface area (Å²) in [6.45, 7) is 7.54. The number of nitrogens with zero attached hydrogens (tertiary/aromatic N) is 1. The molecule has 0 aromatic carbocycles. The number of unbranched alkanes of at least 4 members (excludes halogenated alkanes) is 2. The molecule has 1 fully saturated rings. The predicted octanol–water partition coefficient (Wildman–Crippen LogP) is 1.52. The van der Waals surface area contributed by atoms with Crippen LogP contribution in [0.4, 0.5) is 0 Å². The van der Waals surface area contributed by atoms with Crippen LogP contribution in [0.2, 0.25) is 0 Å². The minimum atomic E-state index is -0.514. The summed E-state index contributed by atoms with van der Waals surface area (Å²) in [5, 5.41) is 16.3. The summed E-state index contributed by atoms with van der Waals surface area (Å²) >= 11 is 0. The van der Waals surface area contributed by atoms with Crippen molar-refractivity contribution >= 4 is 5.96 Å². The molecule has 0 saturated heterocycles. The molecule has 1 aliphatic rings. The second kappa shape index (κ2) is 10.9. The fourth-order valence-corrected chi connectivity index (χ4v) is 1.83. The van der Waals surface area contributed by atoms with Gasteiger partial charge in [-0.3, -0.25) is 4.99 Å². The van der Waals surface area contributed by atoms with E-state index in [2.05, 4.69) is 22.5 Å². The van der Waals surface area contributed by atoms with E-state index in [1.807, 2.05) is 6.92 Å². The van der Waals surface area contributed by atoms with Gasteiger partial charge in [0.25, 0.3) is 0 Å². The van der Waals surface area contributed by atoms with Crippen molar-refractivity contribution < 1.29 is 9.84 Å². The summed E-state index contributed by atoms with van der Waals surface area (Å²) in [6.07, 6.45) is 5.63. The zero-order chi connectivity index (χ0) is 14.6. The van der Waals surface area contributed by atoms with E-state index in [4.69, 9.17) is 4.74 Å². The van der Waals surface area contributed by atoms with Gasteiger partial charge in [-0.15, -0.1) is 0 Å². The molecule has 0 aliphatic heterocycles. The molecule has 1 aliphatic carbocycles. The molecular weight excluding hydrogens is 254 g/mol. The fraction of sp³-hybridized carbons (Fsp3) is 0.933. The number of aliphatic imine (C=N–C) groups is 1. The maximum absolute atomic E-state index is 9.82. The third-order valence-corrected chi connectivity index (χ3v) is 3.24. The number of nitrogens with one attached hydrogen (secondary N) is 2. The van der Waals surface area contributed by atoms with Crippen LogP contribution in [0.1, 0.15) is 46.0 Å². The number of ether oxygens (including phenoxy) is 1. The smallest absolute Gasteiger partial charge is 0.191 e. The molecule has 1 saturated carbocycles. The minimum absolute atomic E-state index is 0.383. The highest BCUT2D eigenvalue weighted by Gasteiger charge is 2.21. The van der Waals surface area contributed by atoms with Crippen molar-refractivity contribution in [1.29, 1.82) is 0 Å². The molecule has 1 rings (SSSR count). The Balaban J connectivity index is 2.13. The molecule has 0 radical (unpaired) electrons. The van der Waals surface area contributed by atoms with Crippen LogP contribution in [0.15, 0.2) is 4.99 Å². The first-order valence-corrected chi connectivity index (χ1v) is 8.04. The third kappa shape index (κ3) is 9.15. The lowest BCUT2D eigenvalue weighted by Gasteiger charge is -2.13. The average molecular weight is 285 g/mol. The van der Waals surface area contributed by atoms with Crippen LogP contribution in [0, 0.1) is 5.92 Å². The van der Waals surface area contributed by atoms with Gasteiger partial charge in [-0.1, -0.05) is 19.8 Å². The third-order valence-electron chi connectivity index (χ3n) is 3.24. The first-order chi connectivity index (χ1) is 9.76. The van der Waals surface area contributed by atoms with Crippen LogP contribution in [-0.2, 0) is 4.74 Å². The molecule has 1 atom stereocenters. The van der Waals surface area contributed by atoms with Gasteiger partial charge in [0.1, 0.15) is 0 Å². The van der Waals surface area contributed by atoms with Crippen molar-refractivity contribution in [3.63, 3.8) is 0 Å². The van der Waals surface area contributed by atoms with E-state index in [0.717, 1.165) is 38.0 Å². The second-order valence-corrected chi connectivity index (χ2v) is 5.49. The fourth-order valence-electron chi connectivity index (χ4n) is 1.83. The van der Waals surface area contributed by atoms with Crippen LogP contribution < -0.4 is 10.6 Å². The SMILES string of the molecule is CCCCCNC(=NCC(O)COCC1CC1)NCC. The maximum atomic E-state index is 9.82. The summed E-state index contributed by atoms with van der Waals surface area (Å²) in [4.78, 5) is 4.39. The van der Waals surface area contributed by atoms with Gasteiger partial charge in [0.15, 0.2) is 5.96 Å². The predicted molar refractivity (Wildman–Crippen MR) is 83.1 cm³/mol. The summed E-state index contributed by atoms with van der Waals surface area (Å²) < 4.78 is 5.46. The Labute approximate surface area is 123 Å². The van der Waals surface area contributed by atoms with E-state index in [1.54, 1.807) is 0 Å². The lowest BCUT2D eigenvalue weighted by atomic mass is 10.2. The number of aliphatic hydroxyl groups excluding tert-OH is 1. The summed E-state index contributed by atoms with van der Waals surface area (Å²) in [5.74, 6) is 1.52. The van der Waals surface area contributed by atoms with Crippen LogP contribution in [0.3, 0.4) is 0 Å². The van der Waals surface area contributed by atoms with E-state index in [1.165, 1.54) is 25.7 Å². The highest BCUT2D eigenvalue weighted by atomic mass is 16.5. The molecule has 118 valence electrons. The lowest BCUT2D eigenvalue weighted by Crippen LogP contribution is -2.38. The Kier molecular flexibility index (Phi) is 9.41. The number of hydrogen-bond acceptors (Lipinski definition) is 3. The first kappa shape index (κ1) is 17.2. The van der Waals surface area contributed by atoms with Gasteiger partial charge in [-0.05, 0) is 32.1 Å². The normalized spacial score (nSPS) is 17.1. The molecule has 5 nitrogen and oxygen atoms in total. The topological polar surface area (TPSA) is 65.9 Å². The van der Waals surface area contributed by atoms with Crippen molar-refractivity contribution in [2.75, 3.05) is 32.8 Å². The molecule has 5 heteroatoms. The van der Waals surface area contributed by atoms with Crippen LogP contribution in [-0.4, -0.2) is 50.0 Å².